The highest BCUT2D eigenvalue weighted by atomic mass is 35.5. The zero-order valence-corrected chi connectivity index (χ0v) is 13.3. The Kier molecular flexibility index (Phi) is 5.53. The summed E-state index contributed by atoms with van der Waals surface area (Å²) in [5.74, 6) is -0.655. The number of amides is 1. The van der Waals surface area contributed by atoms with Crippen molar-refractivity contribution in [3.05, 3.63) is 23.2 Å². The van der Waals surface area contributed by atoms with Crippen LogP contribution < -0.4 is 5.32 Å². The van der Waals surface area contributed by atoms with Gasteiger partial charge < -0.3 is 10.4 Å². The summed E-state index contributed by atoms with van der Waals surface area (Å²) in [6, 6.07) is 5.42. The van der Waals surface area contributed by atoms with Crippen molar-refractivity contribution in [1.29, 1.82) is 0 Å². The van der Waals surface area contributed by atoms with Crippen molar-refractivity contribution >= 4 is 40.9 Å². The van der Waals surface area contributed by atoms with Gasteiger partial charge in [-0.05, 0) is 43.2 Å². The molecule has 1 fully saturated rings. The zero-order valence-electron chi connectivity index (χ0n) is 11.8. The molecule has 114 valence electrons. The van der Waals surface area contributed by atoms with Gasteiger partial charge in [-0.1, -0.05) is 18.5 Å². The number of hydrogen-bond donors (Lipinski definition) is 2. The van der Waals surface area contributed by atoms with Crippen LogP contribution in [0, 0.1) is 11.8 Å². The van der Waals surface area contributed by atoms with Gasteiger partial charge in [0.25, 0.3) is 0 Å². The molecule has 1 aliphatic rings. The first-order valence-corrected chi connectivity index (χ1v) is 8.33. The molecular formula is C15H18ClNO3S. The minimum atomic E-state index is -0.810. The summed E-state index contributed by atoms with van der Waals surface area (Å²) >= 11 is 7.62. The number of nitrogens with one attached hydrogen (secondary N) is 1. The molecule has 0 unspecified atom stereocenters. The van der Waals surface area contributed by atoms with Crippen molar-refractivity contribution in [2.24, 2.45) is 11.8 Å². The van der Waals surface area contributed by atoms with Crippen LogP contribution >= 0.6 is 23.4 Å². The van der Waals surface area contributed by atoms with Crippen LogP contribution in [0.1, 0.15) is 26.2 Å². The van der Waals surface area contributed by atoms with E-state index in [1.165, 1.54) is 0 Å². The van der Waals surface area contributed by atoms with Crippen molar-refractivity contribution < 1.29 is 14.7 Å². The summed E-state index contributed by atoms with van der Waals surface area (Å²) in [6.07, 6.45) is 1.61. The van der Waals surface area contributed by atoms with Gasteiger partial charge in [0.05, 0.1) is 11.6 Å². The van der Waals surface area contributed by atoms with Gasteiger partial charge in [0.15, 0.2) is 0 Å². The summed E-state index contributed by atoms with van der Waals surface area (Å²) in [7, 11) is 0. The van der Waals surface area contributed by atoms with Crippen molar-refractivity contribution in [3.8, 4) is 0 Å². The number of thioether (sulfide) groups is 1. The van der Waals surface area contributed by atoms with Crippen LogP contribution in [0.5, 0.6) is 0 Å². The Morgan fingerprint density at radius 2 is 2.10 bits per heavy atom. The SMILES string of the molecule is CCSc1ccc(Cl)cc1NC(=O)[C@@H]1CC[C@H](C(=O)O)C1. The summed E-state index contributed by atoms with van der Waals surface area (Å²) in [6.45, 7) is 2.04. The fourth-order valence-electron chi connectivity index (χ4n) is 2.56. The topological polar surface area (TPSA) is 66.4 Å². The maximum absolute atomic E-state index is 12.3. The van der Waals surface area contributed by atoms with E-state index in [-0.39, 0.29) is 11.8 Å². The number of carbonyl (C=O) groups excluding carboxylic acids is 1. The Hall–Kier alpha value is -1.20. The van der Waals surface area contributed by atoms with Gasteiger partial charge in [-0.15, -0.1) is 11.8 Å². The number of carbonyl (C=O) groups is 2. The molecular weight excluding hydrogens is 310 g/mol. The molecule has 0 heterocycles. The van der Waals surface area contributed by atoms with Crippen LogP contribution in [0.25, 0.3) is 0 Å². The number of benzene rings is 1. The highest BCUT2D eigenvalue weighted by molar-refractivity contribution is 7.99. The number of halogens is 1. The van der Waals surface area contributed by atoms with Gasteiger partial charge in [0.2, 0.25) is 5.91 Å². The quantitative estimate of drug-likeness (QED) is 0.805. The largest absolute Gasteiger partial charge is 0.481 e. The van der Waals surface area contributed by atoms with Gasteiger partial charge in [0, 0.05) is 15.8 Å². The average molecular weight is 328 g/mol. The molecule has 1 aliphatic carbocycles. The van der Waals surface area contributed by atoms with Gasteiger partial charge in [-0.2, -0.15) is 0 Å². The minimum absolute atomic E-state index is 0.112. The van der Waals surface area contributed by atoms with E-state index < -0.39 is 11.9 Å². The number of rotatable bonds is 5. The van der Waals surface area contributed by atoms with Crippen molar-refractivity contribution in [2.75, 3.05) is 11.1 Å². The first kappa shape index (κ1) is 16.2. The Labute approximate surface area is 133 Å². The molecule has 2 atom stereocenters. The van der Waals surface area contributed by atoms with Crippen LogP contribution in [-0.2, 0) is 9.59 Å². The Morgan fingerprint density at radius 3 is 2.71 bits per heavy atom. The van der Waals surface area contributed by atoms with Crippen LogP contribution in [-0.4, -0.2) is 22.7 Å². The van der Waals surface area contributed by atoms with Gasteiger partial charge in [0.1, 0.15) is 0 Å². The Balaban J connectivity index is 2.06. The molecule has 1 aromatic carbocycles. The molecule has 0 saturated heterocycles. The molecule has 0 bridgehead atoms. The number of carboxylic acids is 1. The van der Waals surface area contributed by atoms with Crippen molar-refractivity contribution in [3.63, 3.8) is 0 Å². The minimum Gasteiger partial charge on any atom is -0.481 e. The monoisotopic (exact) mass is 327 g/mol. The Morgan fingerprint density at radius 1 is 1.38 bits per heavy atom. The molecule has 2 rings (SSSR count). The van der Waals surface area contributed by atoms with Crippen molar-refractivity contribution in [2.45, 2.75) is 31.1 Å². The first-order chi connectivity index (χ1) is 10.0. The van der Waals surface area contributed by atoms with E-state index in [9.17, 15) is 9.59 Å². The summed E-state index contributed by atoms with van der Waals surface area (Å²) in [5.41, 5.74) is 0.707. The molecule has 6 heteroatoms. The molecule has 1 aromatic rings. The predicted molar refractivity (Wildman–Crippen MR) is 84.9 cm³/mol. The number of carboxylic acid groups (broad SMARTS) is 1. The molecule has 4 nitrogen and oxygen atoms in total. The predicted octanol–water partition coefficient (Wildman–Crippen LogP) is 3.89. The molecule has 0 aliphatic heterocycles. The molecule has 0 radical (unpaired) electrons. The van der Waals surface area contributed by atoms with Gasteiger partial charge in [-0.25, -0.2) is 0 Å². The van der Waals surface area contributed by atoms with E-state index in [0.29, 0.717) is 30.0 Å². The molecule has 2 N–H and O–H groups in total. The molecule has 1 amide bonds. The molecule has 0 aromatic heterocycles. The van der Waals surface area contributed by atoms with E-state index in [0.717, 1.165) is 10.6 Å². The Bertz CT molecular complexity index is 550. The lowest BCUT2D eigenvalue weighted by Crippen LogP contribution is -2.22. The fourth-order valence-corrected chi connectivity index (χ4v) is 3.47. The van der Waals surface area contributed by atoms with Gasteiger partial charge >= 0.3 is 5.97 Å². The highest BCUT2D eigenvalue weighted by Gasteiger charge is 2.34. The van der Waals surface area contributed by atoms with E-state index in [2.05, 4.69) is 5.32 Å². The lowest BCUT2D eigenvalue weighted by Gasteiger charge is -2.14. The van der Waals surface area contributed by atoms with Crippen molar-refractivity contribution in [1.82, 2.24) is 0 Å². The molecule has 21 heavy (non-hydrogen) atoms. The van der Waals surface area contributed by atoms with Crippen LogP contribution in [0.4, 0.5) is 5.69 Å². The summed E-state index contributed by atoms with van der Waals surface area (Å²) in [5, 5.41) is 12.5. The normalized spacial score (nSPS) is 21.2. The standard InChI is InChI=1S/C15H18ClNO3S/c1-2-21-13-6-5-11(16)8-12(13)17-14(18)9-3-4-10(7-9)15(19)20/h5-6,8-10H,2-4,7H2,1H3,(H,17,18)(H,19,20)/t9-,10+/m1/s1. The second-order valence-electron chi connectivity index (χ2n) is 5.11. The number of anilines is 1. The maximum Gasteiger partial charge on any atom is 0.306 e. The maximum atomic E-state index is 12.3. The lowest BCUT2D eigenvalue weighted by atomic mass is 10.0. The summed E-state index contributed by atoms with van der Waals surface area (Å²) < 4.78 is 0. The first-order valence-electron chi connectivity index (χ1n) is 6.97. The van der Waals surface area contributed by atoms with E-state index >= 15 is 0 Å². The third-order valence-electron chi connectivity index (χ3n) is 3.65. The molecule has 0 spiro atoms. The number of aliphatic carboxylic acids is 1. The molecule has 1 saturated carbocycles. The van der Waals surface area contributed by atoms with E-state index in [1.807, 2.05) is 13.0 Å². The fraction of sp³-hybridized carbons (Fsp3) is 0.467. The van der Waals surface area contributed by atoms with E-state index in [1.54, 1.807) is 23.9 Å². The lowest BCUT2D eigenvalue weighted by molar-refractivity contribution is -0.141. The van der Waals surface area contributed by atoms with Crippen LogP contribution in [0.2, 0.25) is 5.02 Å². The average Bonchev–Trinajstić information content (AvgIpc) is 2.92. The van der Waals surface area contributed by atoms with Crippen LogP contribution in [0.3, 0.4) is 0 Å². The second kappa shape index (κ2) is 7.18. The second-order valence-corrected chi connectivity index (χ2v) is 6.85. The van der Waals surface area contributed by atoms with E-state index in [4.69, 9.17) is 16.7 Å². The summed E-state index contributed by atoms with van der Waals surface area (Å²) in [4.78, 5) is 24.2. The third-order valence-corrected chi connectivity index (χ3v) is 4.84. The zero-order chi connectivity index (χ0) is 15.4. The smallest absolute Gasteiger partial charge is 0.306 e. The van der Waals surface area contributed by atoms with Gasteiger partial charge in [-0.3, -0.25) is 9.59 Å². The third kappa shape index (κ3) is 4.14. The highest BCUT2D eigenvalue weighted by Crippen LogP contribution is 2.34. The number of hydrogen-bond acceptors (Lipinski definition) is 3. The van der Waals surface area contributed by atoms with Crippen LogP contribution in [0.15, 0.2) is 23.1 Å².